The summed E-state index contributed by atoms with van der Waals surface area (Å²) in [5.41, 5.74) is 2.42. The Hall–Kier alpha value is -2.61. The molecule has 0 aliphatic carbocycles. The summed E-state index contributed by atoms with van der Waals surface area (Å²) in [5, 5.41) is 14.5. The van der Waals surface area contributed by atoms with Gasteiger partial charge in [0.1, 0.15) is 0 Å². The average Bonchev–Trinajstić information content (AvgIpc) is 3.32. The van der Waals surface area contributed by atoms with E-state index in [1.54, 1.807) is 18.5 Å². The molecule has 28 heavy (non-hydrogen) atoms. The lowest BCUT2D eigenvalue weighted by Crippen LogP contribution is -2.35. The van der Waals surface area contributed by atoms with Crippen LogP contribution in [0.15, 0.2) is 36.7 Å². The number of hydrogen-bond acceptors (Lipinski definition) is 5. The van der Waals surface area contributed by atoms with E-state index in [2.05, 4.69) is 25.5 Å². The molecule has 6 radical (unpaired) electrons. The number of benzene rings is 1. The number of likely N-dealkylation sites (tertiary alicyclic amines) is 1. The molecule has 2 aromatic heterocycles. The molecule has 134 valence electrons. The molecule has 0 atom stereocenters. The molecule has 0 bridgehead atoms. The average molecular weight is 366 g/mol. The van der Waals surface area contributed by atoms with Gasteiger partial charge in [-0.25, -0.2) is 0 Å². The van der Waals surface area contributed by atoms with Crippen molar-refractivity contribution in [3.63, 3.8) is 0 Å². The topological polar surface area (TPSA) is 75.9 Å². The van der Waals surface area contributed by atoms with Crippen molar-refractivity contribution in [1.82, 2.24) is 24.9 Å². The molecule has 4 rings (SSSR count). The van der Waals surface area contributed by atoms with Crippen LogP contribution in [0.25, 0.3) is 22.0 Å². The standard InChI is InChI=1S/C18H17B3N6O/c19-18(20,21)27-10-14(9-22-27)12-3-4-15-13(7-12)8-16(25-24-15)23-17(28)11-26-5-1-2-6-26/h3-4,7-10H,1-2,5-6,11H2,(H,23,25,28). The van der Waals surface area contributed by atoms with E-state index in [1.165, 1.54) is 4.68 Å². The summed E-state index contributed by atoms with van der Waals surface area (Å²) in [7, 11) is 17.0. The first kappa shape index (κ1) is 18.7. The zero-order chi connectivity index (χ0) is 19.7. The highest BCUT2D eigenvalue weighted by molar-refractivity contribution is 6.56. The Labute approximate surface area is 167 Å². The second kappa shape index (κ2) is 7.43. The molecule has 0 unspecified atom stereocenters. The van der Waals surface area contributed by atoms with E-state index in [1.807, 2.05) is 18.2 Å². The molecule has 1 aromatic carbocycles. The molecular formula is C18H17B3N6O. The Morgan fingerprint density at radius 3 is 2.61 bits per heavy atom. The van der Waals surface area contributed by atoms with Crippen LogP contribution < -0.4 is 5.32 Å². The van der Waals surface area contributed by atoms with Crippen molar-refractivity contribution in [2.24, 2.45) is 0 Å². The van der Waals surface area contributed by atoms with Gasteiger partial charge in [0, 0.05) is 17.1 Å². The van der Waals surface area contributed by atoms with Gasteiger partial charge in [0.25, 0.3) is 0 Å². The van der Waals surface area contributed by atoms with Crippen LogP contribution in [-0.2, 0) is 10.0 Å². The zero-order valence-electron chi connectivity index (χ0n) is 15.4. The Balaban J connectivity index is 1.55. The Morgan fingerprint density at radius 1 is 1.11 bits per heavy atom. The first-order valence-corrected chi connectivity index (χ1v) is 9.10. The lowest BCUT2D eigenvalue weighted by atomic mass is 9.49. The summed E-state index contributed by atoms with van der Waals surface area (Å²) in [5.74, 6) is 0.340. The fourth-order valence-corrected chi connectivity index (χ4v) is 3.30. The highest BCUT2D eigenvalue weighted by Gasteiger charge is 2.16. The minimum absolute atomic E-state index is 0.0850. The minimum Gasteiger partial charge on any atom is -0.308 e. The number of aromatic nitrogens is 4. The largest absolute Gasteiger partial charge is 0.308 e. The van der Waals surface area contributed by atoms with E-state index >= 15 is 0 Å². The number of anilines is 1. The summed E-state index contributed by atoms with van der Waals surface area (Å²) >= 11 is 0. The fraction of sp³-hybridized carbons (Fsp3) is 0.333. The molecular weight excluding hydrogens is 349 g/mol. The smallest absolute Gasteiger partial charge is 0.239 e. The van der Waals surface area contributed by atoms with Crippen LogP contribution in [0.3, 0.4) is 0 Å². The number of carbonyl (C=O) groups is 1. The second-order valence-electron chi connectivity index (χ2n) is 7.10. The van der Waals surface area contributed by atoms with Crippen LogP contribution in [0, 0.1) is 0 Å². The molecule has 1 fully saturated rings. The third-order valence-corrected chi connectivity index (χ3v) is 4.73. The van der Waals surface area contributed by atoms with Crippen LogP contribution in [0.4, 0.5) is 5.82 Å². The normalized spacial score (nSPS) is 15.1. The van der Waals surface area contributed by atoms with E-state index in [-0.39, 0.29) is 5.91 Å². The quantitative estimate of drug-likeness (QED) is 0.670. The second-order valence-corrected chi connectivity index (χ2v) is 7.10. The van der Waals surface area contributed by atoms with Crippen LogP contribution in [-0.4, -0.2) is 74.0 Å². The molecule has 3 heterocycles. The SMILES string of the molecule is [B]C([B])([B])n1cc(-c2ccc3nnc(NC(=O)CN4CCCC4)cc3c2)cn1. The molecule has 1 amide bonds. The van der Waals surface area contributed by atoms with Gasteiger partial charge in [0.2, 0.25) is 5.91 Å². The number of fused-ring (bicyclic) bond motifs is 1. The number of rotatable bonds is 5. The molecule has 0 spiro atoms. The highest BCUT2D eigenvalue weighted by Crippen LogP contribution is 2.25. The van der Waals surface area contributed by atoms with Crippen molar-refractivity contribution in [1.29, 1.82) is 0 Å². The zero-order valence-corrected chi connectivity index (χ0v) is 15.4. The van der Waals surface area contributed by atoms with E-state index in [4.69, 9.17) is 23.5 Å². The van der Waals surface area contributed by atoms with Crippen molar-refractivity contribution in [2.75, 3.05) is 25.0 Å². The lowest BCUT2D eigenvalue weighted by molar-refractivity contribution is -0.117. The molecule has 1 aliphatic rings. The van der Waals surface area contributed by atoms with Gasteiger partial charge in [0.15, 0.2) is 5.82 Å². The van der Waals surface area contributed by atoms with Gasteiger partial charge in [-0.2, -0.15) is 5.10 Å². The van der Waals surface area contributed by atoms with Gasteiger partial charge in [-0.3, -0.25) is 14.4 Å². The van der Waals surface area contributed by atoms with Gasteiger partial charge in [0.05, 0.1) is 41.8 Å². The van der Waals surface area contributed by atoms with Crippen molar-refractivity contribution in [3.05, 3.63) is 36.7 Å². The van der Waals surface area contributed by atoms with E-state index in [0.717, 1.165) is 48.0 Å². The molecule has 3 aromatic rings. The molecule has 1 aliphatic heterocycles. The fourth-order valence-electron chi connectivity index (χ4n) is 3.30. The maximum Gasteiger partial charge on any atom is 0.239 e. The minimum atomic E-state index is -1.56. The predicted octanol–water partition coefficient (Wildman–Crippen LogP) is 0.601. The monoisotopic (exact) mass is 366 g/mol. The van der Waals surface area contributed by atoms with Crippen LogP contribution in [0.5, 0.6) is 0 Å². The summed E-state index contributed by atoms with van der Waals surface area (Å²) in [6.07, 6.45) is 5.59. The van der Waals surface area contributed by atoms with E-state index in [9.17, 15) is 4.79 Å². The van der Waals surface area contributed by atoms with Gasteiger partial charge in [-0.15, -0.1) is 10.2 Å². The van der Waals surface area contributed by atoms with Gasteiger partial charge < -0.3 is 5.32 Å². The van der Waals surface area contributed by atoms with Crippen LogP contribution in [0.1, 0.15) is 12.8 Å². The Kier molecular flexibility index (Phi) is 4.97. The van der Waals surface area contributed by atoms with Crippen molar-refractivity contribution in [2.45, 2.75) is 18.1 Å². The maximum atomic E-state index is 12.2. The summed E-state index contributed by atoms with van der Waals surface area (Å²) in [6, 6.07) is 7.49. The van der Waals surface area contributed by atoms with Crippen molar-refractivity contribution in [3.8, 4) is 11.1 Å². The molecule has 1 saturated heterocycles. The van der Waals surface area contributed by atoms with Gasteiger partial charge in [-0.1, -0.05) is 6.07 Å². The number of amides is 1. The molecule has 0 saturated carbocycles. The number of nitrogens with one attached hydrogen (secondary N) is 1. The highest BCUT2D eigenvalue weighted by atomic mass is 16.2. The van der Waals surface area contributed by atoms with Crippen molar-refractivity contribution < 1.29 is 4.79 Å². The Morgan fingerprint density at radius 2 is 1.89 bits per heavy atom. The first-order chi connectivity index (χ1) is 13.4. The first-order valence-electron chi connectivity index (χ1n) is 9.10. The van der Waals surface area contributed by atoms with E-state index < -0.39 is 5.24 Å². The third-order valence-electron chi connectivity index (χ3n) is 4.73. The maximum absolute atomic E-state index is 12.2. The molecule has 10 heteroatoms. The summed E-state index contributed by atoms with van der Waals surface area (Å²) in [6.45, 7) is 2.30. The van der Waals surface area contributed by atoms with Gasteiger partial charge in [-0.05, 0) is 54.9 Å². The van der Waals surface area contributed by atoms with Crippen LogP contribution >= 0.6 is 0 Å². The summed E-state index contributed by atoms with van der Waals surface area (Å²) in [4.78, 5) is 14.4. The number of nitrogens with zero attached hydrogens (tertiary/aromatic N) is 5. The van der Waals surface area contributed by atoms with Crippen LogP contribution in [0.2, 0.25) is 0 Å². The lowest BCUT2D eigenvalue weighted by Gasteiger charge is -2.20. The van der Waals surface area contributed by atoms with Crippen molar-refractivity contribution >= 4 is 46.2 Å². The molecule has 7 nitrogen and oxygen atoms in total. The number of carbonyl (C=O) groups excluding carboxylic acids is 1. The predicted molar refractivity (Wildman–Crippen MR) is 110 cm³/mol. The Bertz CT molecular complexity index is 1010. The molecule has 1 N–H and O–H groups in total. The number of hydrogen-bond donors (Lipinski definition) is 1. The third kappa shape index (κ3) is 4.12. The van der Waals surface area contributed by atoms with E-state index in [0.29, 0.717) is 12.4 Å². The van der Waals surface area contributed by atoms with Gasteiger partial charge >= 0.3 is 0 Å². The summed E-state index contributed by atoms with van der Waals surface area (Å²) < 4.78 is 1.29.